The summed E-state index contributed by atoms with van der Waals surface area (Å²) in [6.07, 6.45) is 2.61. The highest BCUT2D eigenvalue weighted by Gasteiger charge is 2.24. The van der Waals surface area contributed by atoms with Crippen LogP contribution < -0.4 is 14.9 Å². The Hall–Kier alpha value is -2.87. The van der Waals surface area contributed by atoms with Crippen molar-refractivity contribution in [3.05, 3.63) is 59.2 Å². The number of amides is 2. The van der Waals surface area contributed by atoms with Gasteiger partial charge in [0.2, 0.25) is 10.0 Å². The number of nitrogens with zero attached hydrogens (tertiary/aromatic N) is 1. The molecule has 142 valence electrons. The van der Waals surface area contributed by atoms with E-state index in [1.54, 1.807) is 49.5 Å². The fraction of sp³-hybridized carbons (Fsp3) is 0.263. The van der Waals surface area contributed by atoms with Gasteiger partial charge in [-0.3, -0.25) is 13.9 Å². The Balaban J connectivity index is 1.84. The second-order valence-electron chi connectivity index (χ2n) is 6.40. The van der Waals surface area contributed by atoms with Crippen molar-refractivity contribution in [3.63, 3.8) is 0 Å². The number of aryl methyl sites for hydroxylation is 1. The van der Waals surface area contributed by atoms with Gasteiger partial charge in [0, 0.05) is 30.4 Å². The van der Waals surface area contributed by atoms with E-state index in [4.69, 9.17) is 0 Å². The van der Waals surface area contributed by atoms with Crippen LogP contribution in [0.3, 0.4) is 0 Å². The minimum absolute atomic E-state index is 0.235. The first-order chi connectivity index (χ1) is 12.8. The van der Waals surface area contributed by atoms with Crippen LogP contribution >= 0.6 is 0 Å². The summed E-state index contributed by atoms with van der Waals surface area (Å²) < 4.78 is 25.2. The average molecular weight is 387 g/mol. The fourth-order valence-corrected chi connectivity index (χ4v) is 4.13. The minimum atomic E-state index is -3.34. The lowest BCUT2D eigenvalue weighted by Gasteiger charge is -2.29. The molecule has 0 fully saturated rings. The van der Waals surface area contributed by atoms with E-state index < -0.39 is 10.0 Å². The highest BCUT2D eigenvalue weighted by Crippen LogP contribution is 2.30. The summed E-state index contributed by atoms with van der Waals surface area (Å²) >= 11 is 0. The van der Waals surface area contributed by atoms with Crippen LogP contribution in [0.15, 0.2) is 42.5 Å². The summed E-state index contributed by atoms with van der Waals surface area (Å²) in [6.45, 7) is 0.448. The van der Waals surface area contributed by atoms with Crippen molar-refractivity contribution in [2.24, 2.45) is 0 Å². The maximum atomic E-state index is 12.6. The minimum Gasteiger partial charge on any atom is -0.355 e. The van der Waals surface area contributed by atoms with E-state index >= 15 is 0 Å². The number of rotatable bonds is 4. The third kappa shape index (κ3) is 4.11. The van der Waals surface area contributed by atoms with E-state index in [1.807, 2.05) is 0 Å². The molecule has 0 saturated carbocycles. The van der Waals surface area contributed by atoms with Gasteiger partial charge >= 0.3 is 0 Å². The molecule has 1 aliphatic heterocycles. The van der Waals surface area contributed by atoms with Gasteiger partial charge in [-0.25, -0.2) is 8.42 Å². The molecule has 0 unspecified atom stereocenters. The Morgan fingerprint density at radius 1 is 1.04 bits per heavy atom. The van der Waals surface area contributed by atoms with Gasteiger partial charge in [0.25, 0.3) is 11.8 Å². The van der Waals surface area contributed by atoms with Crippen molar-refractivity contribution in [1.82, 2.24) is 5.32 Å². The topological polar surface area (TPSA) is 95.6 Å². The Morgan fingerprint density at radius 3 is 2.48 bits per heavy atom. The standard InChI is InChI=1S/C19H21N3O4S/c1-20-18(23)14-5-3-7-16(12-14)21-19(24)15-8-9-17-13(11-15)6-4-10-22(17)27(2,25)26/h3,5,7-9,11-12H,4,6,10H2,1-2H3,(H,20,23)(H,21,24). The van der Waals surface area contributed by atoms with Crippen molar-refractivity contribution in [2.75, 3.05) is 29.5 Å². The normalized spacial score (nSPS) is 13.6. The zero-order valence-electron chi connectivity index (χ0n) is 15.2. The Morgan fingerprint density at radius 2 is 1.78 bits per heavy atom. The van der Waals surface area contributed by atoms with Crippen LogP contribution in [0.4, 0.5) is 11.4 Å². The molecule has 7 nitrogen and oxygen atoms in total. The van der Waals surface area contributed by atoms with Crippen molar-refractivity contribution >= 4 is 33.2 Å². The van der Waals surface area contributed by atoms with E-state index in [0.29, 0.717) is 41.9 Å². The van der Waals surface area contributed by atoms with Crippen molar-refractivity contribution < 1.29 is 18.0 Å². The van der Waals surface area contributed by atoms with Gasteiger partial charge in [-0.05, 0) is 54.8 Å². The predicted octanol–water partition coefficient (Wildman–Crippen LogP) is 2.01. The molecule has 0 bridgehead atoms. The number of carbonyl (C=O) groups excluding carboxylic acids is 2. The average Bonchev–Trinajstić information content (AvgIpc) is 2.65. The summed E-state index contributed by atoms with van der Waals surface area (Å²) in [5.41, 5.74) is 2.86. The molecule has 1 aliphatic rings. The maximum absolute atomic E-state index is 12.6. The van der Waals surface area contributed by atoms with Gasteiger partial charge in [0.1, 0.15) is 0 Å². The van der Waals surface area contributed by atoms with Crippen molar-refractivity contribution in [1.29, 1.82) is 0 Å². The molecule has 0 saturated heterocycles. The van der Waals surface area contributed by atoms with Crippen LogP contribution in [0.5, 0.6) is 0 Å². The molecule has 0 aromatic heterocycles. The molecule has 1 heterocycles. The molecule has 2 amide bonds. The molecule has 3 rings (SSSR count). The highest BCUT2D eigenvalue weighted by atomic mass is 32.2. The number of anilines is 2. The van der Waals surface area contributed by atoms with E-state index in [2.05, 4.69) is 10.6 Å². The number of sulfonamides is 1. The van der Waals surface area contributed by atoms with E-state index in [0.717, 1.165) is 5.56 Å². The molecule has 0 aliphatic carbocycles. The van der Waals surface area contributed by atoms with Crippen LogP contribution in [0.25, 0.3) is 0 Å². The molecule has 0 atom stereocenters. The Labute approximate surface area is 158 Å². The number of fused-ring (bicyclic) bond motifs is 1. The zero-order chi connectivity index (χ0) is 19.6. The quantitative estimate of drug-likeness (QED) is 0.839. The van der Waals surface area contributed by atoms with Gasteiger partial charge in [0.05, 0.1) is 11.9 Å². The molecule has 0 spiro atoms. The third-order valence-corrected chi connectivity index (χ3v) is 5.61. The summed E-state index contributed by atoms with van der Waals surface area (Å²) in [6, 6.07) is 11.7. The number of hydrogen-bond acceptors (Lipinski definition) is 4. The van der Waals surface area contributed by atoms with Crippen LogP contribution in [0.2, 0.25) is 0 Å². The fourth-order valence-electron chi connectivity index (χ4n) is 3.13. The first-order valence-corrected chi connectivity index (χ1v) is 10.4. The van der Waals surface area contributed by atoms with Crippen LogP contribution in [-0.2, 0) is 16.4 Å². The molecule has 8 heteroatoms. The Bertz CT molecular complexity index is 1000. The molecule has 2 aromatic rings. The number of nitrogens with one attached hydrogen (secondary N) is 2. The molecule has 2 N–H and O–H groups in total. The van der Waals surface area contributed by atoms with Gasteiger partial charge < -0.3 is 10.6 Å². The number of benzene rings is 2. The van der Waals surface area contributed by atoms with Gasteiger partial charge in [0.15, 0.2) is 0 Å². The van der Waals surface area contributed by atoms with E-state index in [1.165, 1.54) is 10.6 Å². The van der Waals surface area contributed by atoms with E-state index in [9.17, 15) is 18.0 Å². The number of hydrogen-bond donors (Lipinski definition) is 2. The largest absolute Gasteiger partial charge is 0.355 e. The third-order valence-electron chi connectivity index (χ3n) is 4.43. The first kappa shape index (κ1) is 18.9. The van der Waals surface area contributed by atoms with Crippen LogP contribution in [0.1, 0.15) is 32.7 Å². The van der Waals surface area contributed by atoms with Crippen LogP contribution in [0, 0.1) is 0 Å². The van der Waals surface area contributed by atoms with Crippen molar-refractivity contribution in [3.8, 4) is 0 Å². The highest BCUT2D eigenvalue weighted by molar-refractivity contribution is 7.92. The summed E-state index contributed by atoms with van der Waals surface area (Å²) in [5, 5.41) is 5.31. The second-order valence-corrected chi connectivity index (χ2v) is 8.30. The monoisotopic (exact) mass is 387 g/mol. The second kappa shape index (κ2) is 7.40. The zero-order valence-corrected chi connectivity index (χ0v) is 16.0. The summed E-state index contributed by atoms with van der Waals surface area (Å²) in [7, 11) is -1.80. The molecule has 27 heavy (non-hydrogen) atoms. The van der Waals surface area contributed by atoms with Gasteiger partial charge in [-0.15, -0.1) is 0 Å². The van der Waals surface area contributed by atoms with E-state index in [-0.39, 0.29) is 11.8 Å². The maximum Gasteiger partial charge on any atom is 0.255 e. The lowest BCUT2D eigenvalue weighted by molar-refractivity contribution is 0.0961. The predicted molar refractivity (Wildman–Crippen MR) is 105 cm³/mol. The molecular formula is C19H21N3O4S. The molecule has 2 aromatic carbocycles. The molecular weight excluding hydrogens is 366 g/mol. The molecule has 0 radical (unpaired) electrons. The van der Waals surface area contributed by atoms with Gasteiger partial charge in [-0.2, -0.15) is 0 Å². The SMILES string of the molecule is CNC(=O)c1cccc(NC(=O)c2ccc3c(c2)CCCN3S(C)(=O)=O)c1. The summed E-state index contributed by atoms with van der Waals surface area (Å²) in [4.78, 5) is 24.3. The smallest absolute Gasteiger partial charge is 0.255 e. The van der Waals surface area contributed by atoms with Gasteiger partial charge in [-0.1, -0.05) is 6.07 Å². The lowest BCUT2D eigenvalue weighted by atomic mass is 10.0. The number of carbonyl (C=O) groups is 2. The first-order valence-electron chi connectivity index (χ1n) is 8.54. The van der Waals surface area contributed by atoms with Crippen molar-refractivity contribution in [2.45, 2.75) is 12.8 Å². The lowest BCUT2D eigenvalue weighted by Crippen LogP contribution is -2.34. The summed E-state index contributed by atoms with van der Waals surface area (Å²) in [5.74, 6) is -0.552. The van der Waals surface area contributed by atoms with Crippen LogP contribution in [-0.4, -0.2) is 40.1 Å². The Kier molecular flexibility index (Phi) is 5.18.